The first-order valence-corrected chi connectivity index (χ1v) is 4.84. The molecule has 1 aromatic carbocycles. The molecule has 1 nitrogen and oxygen atoms in total. The van der Waals surface area contributed by atoms with Gasteiger partial charge in [-0.1, -0.05) is 0 Å². The predicted molar refractivity (Wildman–Crippen MR) is 48.8 cm³/mol. The van der Waals surface area contributed by atoms with Crippen LogP contribution in [0.15, 0.2) is 42.5 Å². The Bertz CT molecular complexity index is 366. The topological polar surface area (TPSA) is 9.23 Å². The zero-order valence-electron chi connectivity index (χ0n) is 7.16. The molecule has 0 aliphatic heterocycles. The molecule has 63 valence electrons. The standard InChI is InChI=1S/C11H10O.Ti/c12-11-8-4-3-7-10(11)9-5-1-2-6-9;/h1-5,7-8,12H,6H2;/q;+1/p-1. The molecule has 13 heavy (non-hydrogen) atoms. The maximum absolute atomic E-state index is 5.29. The summed E-state index contributed by atoms with van der Waals surface area (Å²) < 4.78 is 5.29. The summed E-state index contributed by atoms with van der Waals surface area (Å²) >= 11 is 1.71. The average molecular weight is 205 g/mol. The van der Waals surface area contributed by atoms with Gasteiger partial charge in [0.2, 0.25) is 0 Å². The van der Waals surface area contributed by atoms with Gasteiger partial charge in [0.05, 0.1) is 0 Å². The van der Waals surface area contributed by atoms with Crippen molar-refractivity contribution < 1.29 is 24.1 Å². The van der Waals surface area contributed by atoms with Gasteiger partial charge >= 0.3 is 89.9 Å². The average Bonchev–Trinajstić information content (AvgIpc) is 2.70. The summed E-state index contributed by atoms with van der Waals surface area (Å²) in [4.78, 5) is 0. The third-order valence-corrected chi connectivity index (χ3v) is 2.46. The van der Waals surface area contributed by atoms with Gasteiger partial charge in [-0.15, -0.1) is 0 Å². The molecule has 0 unspecified atom stereocenters. The van der Waals surface area contributed by atoms with Crippen molar-refractivity contribution in [3.8, 4) is 5.75 Å². The Labute approximate surface area is 90.0 Å². The van der Waals surface area contributed by atoms with Gasteiger partial charge in [0.25, 0.3) is 0 Å². The Morgan fingerprint density at radius 1 is 1.23 bits per heavy atom. The molecule has 0 fully saturated rings. The van der Waals surface area contributed by atoms with E-state index in [1.54, 1.807) is 20.8 Å². The van der Waals surface area contributed by atoms with Crippen LogP contribution in [0.2, 0.25) is 0 Å². The van der Waals surface area contributed by atoms with E-state index < -0.39 is 0 Å². The summed E-state index contributed by atoms with van der Waals surface area (Å²) in [6.07, 6.45) is 7.39. The van der Waals surface area contributed by atoms with Crippen molar-refractivity contribution in [3.63, 3.8) is 0 Å². The molecule has 1 aliphatic carbocycles. The molecule has 0 radical (unpaired) electrons. The van der Waals surface area contributed by atoms with Gasteiger partial charge in [-0.05, 0) is 0 Å². The van der Waals surface area contributed by atoms with Crippen LogP contribution in [0.1, 0.15) is 12.0 Å². The number of hydrogen-bond acceptors (Lipinski definition) is 1. The summed E-state index contributed by atoms with van der Waals surface area (Å²) in [6.45, 7) is 0. The first-order valence-electron chi connectivity index (χ1n) is 4.20. The fraction of sp³-hybridized carbons (Fsp3) is 0.0909. The first kappa shape index (κ1) is 8.80. The van der Waals surface area contributed by atoms with Gasteiger partial charge in [-0.3, -0.25) is 0 Å². The second-order valence-electron chi connectivity index (χ2n) is 2.92. The molecule has 1 aliphatic rings. The van der Waals surface area contributed by atoms with Gasteiger partial charge in [0, 0.05) is 0 Å². The second-order valence-corrected chi connectivity index (χ2v) is 3.24. The Morgan fingerprint density at radius 3 is 2.77 bits per heavy atom. The van der Waals surface area contributed by atoms with Crippen LogP contribution in [0.4, 0.5) is 0 Å². The molecule has 0 saturated heterocycles. The van der Waals surface area contributed by atoms with Gasteiger partial charge in [-0.2, -0.15) is 0 Å². The first-order chi connectivity index (χ1) is 6.42. The Kier molecular flexibility index (Phi) is 2.67. The molecule has 0 heterocycles. The van der Waals surface area contributed by atoms with Crippen LogP contribution >= 0.6 is 0 Å². The van der Waals surface area contributed by atoms with Crippen LogP contribution in [-0.2, 0) is 20.8 Å². The molecule has 0 saturated carbocycles. The van der Waals surface area contributed by atoms with Crippen LogP contribution in [0.25, 0.3) is 5.57 Å². The monoisotopic (exact) mass is 205 g/mol. The summed E-state index contributed by atoms with van der Waals surface area (Å²) in [5, 5.41) is 0. The summed E-state index contributed by atoms with van der Waals surface area (Å²) in [6, 6.07) is 8.12. The van der Waals surface area contributed by atoms with E-state index >= 15 is 0 Å². The van der Waals surface area contributed by atoms with Crippen molar-refractivity contribution in [1.82, 2.24) is 0 Å². The zero-order chi connectivity index (χ0) is 9.10. The second kappa shape index (κ2) is 3.95. The van der Waals surface area contributed by atoms with Crippen molar-refractivity contribution in [2.75, 3.05) is 0 Å². The van der Waals surface area contributed by atoms with E-state index in [2.05, 4.69) is 24.3 Å². The molecule has 0 N–H and O–H groups in total. The maximum atomic E-state index is 5.29. The molecule has 0 spiro atoms. The van der Waals surface area contributed by atoms with E-state index in [0.717, 1.165) is 12.2 Å². The van der Waals surface area contributed by atoms with Crippen molar-refractivity contribution >= 4 is 5.57 Å². The number of allylic oxidation sites excluding steroid dienone is 4. The van der Waals surface area contributed by atoms with Crippen LogP contribution in [-0.4, -0.2) is 0 Å². The number of hydrogen-bond donors (Lipinski definition) is 0. The molecule has 0 aromatic heterocycles. The Balaban J connectivity index is 2.39. The van der Waals surface area contributed by atoms with E-state index in [1.165, 1.54) is 11.1 Å². The third kappa shape index (κ3) is 1.77. The van der Waals surface area contributed by atoms with Gasteiger partial charge < -0.3 is 0 Å². The third-order valence-electron chi connectivity index (χ3n) is 2.11. The molecule has 0 amide bonds. The fourth-order valence-corrected chi connectivity index (χ4v) is 1.75. The molecule has 2 rings (SSSR count). The van der Waals surface area contributed by atoms with E-state index in [4.69, 9.17) is 3.32 Å². The normalized spacial score (nSPS) is 14.2. The van der Waals surface area contributed by atoms with E-state index in [0.29, 0.717) is 0 Å². The van der Waals surface area contributed by atoms with Crippen molar-refractivity contribution in [3.05, 3.63) is 48.1 Å². The van der Waals surface area contributed by atoms with Gasteiger partial charge in [0.15, 0.2) is 0 Å². The predicted octanol–water partition coefficient (Wildman–Crippen LogP) is 2.87. The van der Waals surface area contributed by atoms with Crippen molar-refractivity contribution in [2.24, 2.45) is 0 Å². The van der Waals surface area contributed by atoms with Crippen molar-refractivity contribution in [1.29, 1.82) is 0 Å². The molecular weight excluding hydrogens is 196 g/mol. The minimum absolute atomic E-state index is 0.956. The van der Waals surface area contributed by atoms with Crippen LogP contribution in [0.3, 0.4) is 0 Å². The Morgan fingerprint density at radius 2 is 2.08 bits per heavy atom. The summed E-state index contributed by atoms with van der Waals surface area (Å²) in [5.74, 6) is 0.956. The van der Waals surface area contributed by atoms with Gasteiger partial charge in [-0.25, -0.2) is 0 Å². The number of benzene rings is 1. The van der Waals surface area contributed by atoms with Crippen LogP contribution < -0.4 is 3.32 Å². The minimum atomic E-state index is 0.956. The zero-order valence-corrected chi connectivity index (χ0v) is 8.72. The van der Waals surface area contributed by atoms with Crippen LogP contribution in [0, 0.1) is 0 Å². The van der Waals surface area contributed by atoms with Crippen LogP contribution in [0.5, 0.6) is 5.75 Å². The molecular formula is C11H9OTi. The van der Waals surface area contributed by atoms with Gasteiger partial charge in [0.1, 0.15) is 0 Å². The van der Waals surface area contributed by atoms with E-state index in [-0.39, 0.29) is 0 Å². The molecule has 0 bridgehead atoms. The van der Waals surface area contributed by atoms with E-state index in [9.17, 15) is 0 Å². The molecule has 2 heteroatoms. The fourth-order valence-electron chi connectivity index (χ4n) is 1.47. The summed E-state index contributed by atoms with van der Waals surface area (Å²) in [5.41, 5.74) is 2.53. The number of rotatable bonds is 2. The van der Waals surface area contributed by atoms with Crippen molar-refractivity contribution in [2.45, 2.75) is 6.42 Å². The van der Waals surface area contributed by atoms with E-state index in [1.807, 2.05) is 18.2 Å². The number of para-hydroxylation sites is 1. The molecule has 1 aromatic rings. The summed E-state index contributed by atoms with van der Waals surface area (Å²) in [7, 11) is 0. The molecule has 0 atom stereocenters. The SMILES string of the molecule is [Ti][O]c1ccccc1C1=CC=CC1. The quantitative estimate of drug-likeness (QED) is 0.674. The Hall–Kier alpha value is -0.786.